The number of carbonyl (C=O) groups excluding carboxylic acids is 1. The zero-order chi connectivity index (χ0) is 22.4. The normalized spacial score (nSPS) is 12.5. The standard InChI is InChI=1S/C23H28N2O4S2/c1-4-29-12-11-25-20-14-17(2)18(3)15-21(20)30-23(25)24-22(26)10-13-31(27,28)16-19-8-6-5-7-9-19/h5-9,14-15H,4,10-13,16H2,1-3H3. The van der Waals surface area contributed by atoms with Crippen LogP contribution in [0.1, 0.15) is 30.0 Å². The molecule has 0 saturated carbocycles. The number of sulfone groups is 1. The molecule has 0 aliphatic rings. The minimum Gasteiger partial charge on any atom is -0.380 e. The minimum atomic E-state index is -3.39. The summed E-state index contributed by atoms with van der Waals surface area (Å²) in [4.78, 5) is 17.4. The molecule has 1 amide bonds. The van der Waals surface area contributed by atoms with Crippen LogP contribution in [0.25, 0.3) is 10.2 Å². The van der Waals surface area contributed by atoms with Gasteiger partial charge >= 0.3 is 0 Å². The molecule has 2 aromatic carbocycles. The maximum Gasteiger partial charge on any atom is 0.249 e. The minimum absolute atomic E-state index is 0.0725. The van der Waals surface area contributed by atoms with Gasteiger partial charge in [0.25, 0.3) is 0 Å². The number of aryl methyl sites for hydroxylation is 2. The second kappa shape index (κ2) is 10.3. The molecule has 31 heavy (non-hydrogen) atoms. The molecule has 3 rings (SSSR count). The van der Waals surface area contributed by atoms with Crippen LogP contribution in [0.2, 0.25) is 0 Å². The highest BCUT2D eigenvalue weighted by Crippen LogP contribution is 2.22. The van der Waals surface area contributed by atoms with Crippen molar-refractivity contribution >= 4 is 37.3 Å². The van der Waals surface area contributed by atoms with E-state index < -0.39 is 15.7 Å². The Labute approximate surface area is 187 Å². The largest absolute Gasteiger partial charge is 0.380 e. The molecule has 0 N–H and O–H groups in total. The third kappa shape index (κ3) is 6.35. The lowest BCUT2D eigenvalue weighted by atomic mass is 10.1. The molecule has 0 spiro atoms. The molecule has 0 unspecified atom stereocenters. The molecule has 1 aromatic heterocycles. The molecule has 0 aliphatic heterocycles. The summed E-state index contributed by atoms with van der Waals surface area (Å²) in [6.45, 7) is 7.76. The number of hydrogen-bond acceptors (Lipinski definition) is 5. The van der Waals surface area contributed by atoms with Gasteiger partial charge in [-0.05, 0) is 49.6 Å². The van der Waals surface area contributed by atoms with E-state index in [1.165, 1.54) is 22.5 Å². The second-order valence-corrected chi connectivity index (χ2v) is 10.7. The van der Waals surface area contributed by atoms with Crippen LogP contribution in [0, 0.1) is 13.8 Å². The van der Waals surface area contributed by atoms with Gasteiger partial charge in [-0.15, -0.1) is 0 Å². The van der Waals surface area contributed by atoms with E-state index in [0.717, 1.165) is 15.8 Å². The van der Waals surface area contributed by atoms with Crippen LogP contribution >= 0.6 is 11.3 Å². The van der Waals surface area contributed by atoms with Crippen molar-refractivity contribution in [2.75, 3.05) is 19.0 Å². The van der Waals surface area contributed by atoms with Crippen molar-refractivity contribution in [1.82, 2.24) is 4.57 Å². The van der Waals surface area contributed by atoms with E-state index >= 15 is 0 Å². The molecule has 0 atom stereocenters. The number of nitrogens with zero attached hydrogens (tertiary/aromatic N) is 2. The lowest BCUT2D eigenvalue weighted by molar-refractivity contribution is -0.117. The maximum atomic E-state index is 12.5. The Kier molecular flexibility index (Phi) is 7.80. The molecule has 0 saturated heterocycles. The molecule has 166 valence electrons. The molecule has 3 aromatic rings. The number of aromatic nitrogens is 1. The van der Waals surface area contributed by atoms with Crippen molar-refractivity contribution < 1.29 is 17.9 Å². The molecular formula is C23H28N2O4S2. The van der Waals surface area contributed by atoms with E-state index in [-0.39, 0.29) is 17.9 Å². The fourth-order valence-electron chi connectivity index (χ4n) is 3.23. The number of thiazole rings is 1. The summed E-state index contributed by atoms with van der Waals surface area (Å²) >= 11 is 1.44. The van der Waals surface area contributed by atoms with E-state index in [9.17, 15) is 13.2 Å². The van der Waals surface area contributed by atoms with Crippen LogP contribution in [0.3, 0.4) is 0 Å². The third-order valence-electron chi connectivity index (χ3n) is 5.04. The van der Waals surface area contributed by atoms with Crippen LogP contribution in [-0.4, -0.2) is 37.9 Å². The van der Waals surface area contributed by atoms with E-state index in [1.54, 1.807) is 24.3 Å². The molecule has 0 bridgehead atoms. The summed E-state index contributed by atoms with van der Waals surface area (Å²) in [6, 6.07) is 13.2. The highest BCUT2D eigenvalue weighted by Gasteiger charge is 2.15. The first-order chi connectivity index (χ1) is 14.8. The number of ether oxygens (including phenoxy) is 1. The molecule has 1 heterocycles. The maximum absolute atomic E-state index is 12.5. The van der Waals surface area contributed by atoms with Gasteiger partial charge in [-0.3, -0.25) is 4.79 Å². The topological polar surface area (TPSA) is 77.7 Å². The van der Waals surface area contributed by atoms with Crippen molar-refractivity contribution in [2.45, 2.75) is 39.5 Å². The van der Waals surface area contributed by atoms with Gasteiger partial charge in [0, 0.05) is 19.6 Å². The molecule has 0 aliphatic carbocycles. The number of rotatable bonds is 9. The predicted molar refractivity (Wildman–Crippen MR) is 125 cm³/mol. The van der Waals surface area contributed by atoms with Gasteiger partial charge in [-0.25, -0.2) is 8.42 Å². The van der Waals surface area contributed by atoms with Gasteiger partial charge in [0.2, 0.25) is 5.91 Å². The van der Waals surface area contributed by atoms with Gasteiger partial charge < -0.3 is 9.30 Å². The van der Waals surface area contributed by atoms with Crippen LogP contribution in [-0.2, 0) is 31.7 Å². The summed E-state index contributed by atoms with van der Waals surface area (Å²) in [7, 11) is -3.39. The fraction of sp³-hybridized carbons (Fsp3) is 0.391. The Morgan fingerprint density at radius 3 is 2.55 bits per heavy atom. The Bertz CT molecular complexity index is 1230. The second-order valence-electron chi connectivity index (χ2n) is 7.47. The Morgan fingerprint density at radius 1 is 1.13 bits per heavy atom. The van der Waals surface area contributed by atoms with Crippen molar-refractivity contribution in [3.8, 4) is 0 Å². The van der Waals surface area contributed by atoms with Gasteiger partial charge in [-0.1, -0.05) is 41.7 Å². The number of amides is 1. The molecule has 0 fully saturated rings. The summed E-state index contributed by atoms with van der Waals surface area (Å²) < 4.78 is 33.3. The Morgan fingerprint density at radius 2 is 1.84 bits per heavy atom. The monoisotopic (exact) mass is 460 g/mol. The van der Waals surface area contributed by atoms with E-state index in [1.807, 2.05) is 17.6 Å². The van der Waals surface area contributed by atoms with Gasteiger partial charge in [0.05, 0.1) is 28.3 Å². The zero-order valence-electron chi connectivity index (χ0n) is 18.1. The molecule has 8 heteroatoms. The van der Waals surface area contributed by atoms with Crippen LogP contribution in [0.5, 0.6) is 0 Å². The molecule has 6 nitrogen and oxygen atoms in total. The van der Waals surface area contributed by atoms with Crippen LogP contribution in [0.15, 0.2) is 47.5 Å². The number of carbonyl (C=O) groups is 1. The first-order valence-electron chi connectivity index (χ1n) is 10.3. The SMILES string of the molecule is CCOCCn1c(=NC(=O)CCS(=O)(=O)Cc2ccccc2)sc2cc(C)c(C)cc21. The highest BCUT2D eigenvalue weighted by atomic mass is 32.2. The van der Waals surface area contributed by atoms with E-state index in [2.05, 4.69) is 31.0 Å². The highest BCUT2D eigenvalue weighted by molar-refractivity contribution is 7.90. The van der Waals surface area contributed by atoms with Crippen molar-refractivity contribution in [3.63, 3.8) is 0 Å². The summed E-state index contributed by atoms with van der Waals surface area (Å²) in [5.41, 5.74) is 4.07. The Hall–Kier alpha value is -2.29. The van der Waals surface area contributed by atoms with Gasteiger partial charge in [0.15, 0.2) is 14.6 Å². The lowest BCUT2D eigenvalue weighted by Crippen LogP contribution is -2.20. The van der Waals surface area contributed by atoms with E-state index in [0.29, 0.717) is 24.6 Å². The quantitative estimate of drug-likeness (QED) is 0.455. The smallest absolute Gasteiger partial charge is 0.249 e. The first kappa shape index (κ1) is 23.4. The molecular weight excluding hydrogens is 432 g/mol. The summed E-state index contributed by atoms with van der Waals surface area (Å²) in [5.74, 6) is -0.717. The fourth-order valence-corrected chi connectivity index (χ4v) is 5.71. The van der Waals surface area contributed by atoms with Gasteiger partial charge in [0.1, 0.15) is 0 Å². The van der Waals surface area contributed by atoms with Crippen LogP contribution < -0.4 is 4.80 Å². The third-order valence-corrected chi connectivity index (χ3v) is 7.68. The first-order valence-corrected chi connectivity index (χ1v) is 12.9. The average molecular weight is 461 g/mol. The van der Waals surface area contributed by atoms with Crippen molar-refractivity contribution in [3.05, 3.63) is 64.0 Å². The van der Waals surface area contributed by atoms with Crippen molar-refractivity contribution in [1.29, 1.82) is 0 Å². The van der Waals surface area contributed by atoms with Crippen molar-refractivity contribution in [2.24, 2.45) is 4.99 Å². The van der Waals surface area contributed by atoms with E-state index in [4.69, 9.17) is 4.74 Å². The number of fused-ring (bicyclic) bond motifs is 1. The Balaban J connectivity index is 1.81. The average Bonchev–Trinajstić information content (AvgIpc) is 3.03. The van der Waals surface area contributed by atoms with Crippen LogP contribution in [0.4, 0.5) is 0 Å². The number of hydrogen-bond donors (Lipinski definition) is 0. The molecule has 0 radical (unpaired) electrons. The number of benzene rings is 2. The lowest BCUT2D eigenvalue weighted by Gasteiger charge is -2.07. The zero-order valence-corrected chi connectivity index (χ0v) is 19.8. The summed E-state index contributed by atoms with van der Waals surface area (Å²) in [5, 5.41) is 0. The van der Waals surface area contributed by atoms with Gasteiger partial charge in [-0.2, -0.15) is 4.99 Å². The summed E-state index contributed by atoms with van der Waals surface area (Å²) in [6.07, 6.45) is -0.132. The predicted octanol–water partition coefficient (Wildman–Crippen LogP) is 3.79.